The second-order valence-electron chi connectivity index (χ2n) is 2.63. The molecule has 6 N–H and O–H groups in total. The highest BCUT2D eigenvalue weighted by Gasteiger charge is 2.12. The Kier molecular flexibility index (Phi) is 17.6. The number of carboxylic acids is 1. The van der Waals surface area contributed by atoms with E-state index in [-0.39, 0.29) is 0 Å². The number of rotatable bonds is 5. The van der Waals surface area contributed by atoms with E-state index in [0.29, 0.717) is 13.0 Å². The molecule has 0 amide bonds. The summed E-state index contributed by atoms with van der Waals surface area (Å²) in [6.07, 6.45) is 2.16. The first-order chi connectivity index (χ1) is 7.68. The lowest BCUT2D eigenvalue weighted by Gasteiger charge is -2.03. The van der Waals surface area contributed by atoms with Crippen LogP contribution in [0.1, 0.15) is 19.3 Å². The van der Waals surface area contributed by atoms with Gasteiger partial charge in [-0.05, 0) is 19.4 Å². The Hall–Kier alpha value is -0.370. The van der Waals surface area contributed by atoms with Crippen molar-refractivity contribution in [1.29, 1.82) is 0 Å². The summed E-state index contributed by atoms with van der Waals surface area (Å²) < 4.78 is 33.2. The largest absolute Gasteiger partial charge is 0.480 e. The van der Waals surface area contributed by atoms with E-state index >= 15 is 0 Å². The van der Waals surface area contributed by atoms with Gasteiger partial charge in [-0.2, -0.15) is 0 Å². The molecule has 17 heavy (non-hydrogen) atoms. The minimum atomic E-state index is -5.69. The summed E-state index contributed by atoms with van der Waals surface area (Å²) in [5.74, 6) is -0.933. The van der Waals surface area contributed by atoms with Crippen molar-refractivity contribution in [2.75, 3.05) is 6.54 Å². The molecule has 0 unspecified atom stereocenters. The Labute approximate surface area is 105 Å². The number of halogens is 1. The van der Waals surface area contributed by atoms with Crippen LogP contribution >= 0.6 is 0 Å². The zero-order valence-electron chi connectivity index (χ0n) is 9.08. The van der Waals surface area contributed by atoms with Crippen LogP contribution in [0.25, 0.3) is 0 Å². The minimum absolute atomic E-state index is 0.520. The van der Waals surface area contributed by atoms with Gasteiger partial charge < -0.3 is 21.4 Å². The molecule has 0 spiro atoms. The van der Waals surface area contributed by atoms with Gasteiger partial charge in [0.25, 0.3) is 0 Å². The molecule has 0 aromatic carbocycles. The van der Waals surface area contributed by atoms with E-state index in [1.807, 2.05) is 6.79 Å². The highest BCUT2D eigenvalue weighted by molar-refractivity contribution is 5.72. The molecule has 0 aromatic heterocycles. The molecule has 9 nitrogen and oxygen atoms in total. The van der Waals surface area contributed by atoms with Crippen molar-refractivity contribution in [1.82, 2.24) is 0 Å². The first-order valence-electron chi connectivity index (χ1n) is 4.29. The molecule has 0 aliphatic heterocycles. The van der Waals surface area contributed by atoms with Crippen LogP contribution in [0.15, 0.2) is 0 Å². The zero-order valence-corrected chi connectivity index (χ0v) is 11.2. The van der Waals surface area contributed by atoms with Gasteiger partial charge in [0.2, 0.25) is 0 Å². The van der Waals surface area contributed by atoms with Gasteiger partial charge in [0.1, 0.15) is 12.8 Å². The Balaban J connectivity index is -0.000000236. The maximum absolute atomic E-state index is 10.1. The first-order valence-corrected chi connectivity index (χ1v) is 7.89. The van der Waals surface area contributed by atoms with Gasteiger partial charge in [0, 0.05) is 3.44 Å². The molecule has 104 valence electrons. The van der Waals surface area contributed by atoms with Gasteiger partial charge in [-0.3, -0.25) is 15.1 Å². The predicted molar refractivity (Wildman–Crippen MR) is 47.9 cm³/mol. The van der Waals surface area contributed by atoms with Gasteiger partial charge in [-0.15, -0.1) is 0 Å². The molecule has 0 bridgehead atoms. The summed E-state index contributed by atoms with van der Waals surface area (Å²) in [5.41, 5.74) is 10.4. The fraction of sp³-hybridized carbons (Fsp3) is 0.714. The summed E-state index contributed by atoms with van der Waals surface area (Å²) in [6.45, 7) is 2.60. The first kappa shape index (κ1) is 21.9. The molecular formula is C7H17IN2O7. The smallest absolute Gasteiger partial charge is 0.368 e. The number of nitrogens with two attached hydrogens (primary N) is 2. The topological polar surface area (TPSA) is 196 Å². The Morgan fingerprint density at radius 1 is 1.29 bits per heavy atom. The summed E-state index contributed by atoms with van der Waals surface area (Å²) in [6, 6.07) is -0.716. The number of hydrogen-bond acceptors (Lipinski definition) is 8. The van der Waals surface area contributed by atoms with Crippen molar-refractivity contribution in [2.45, 2.75) is 25.3 Å². The SMILES string of the molecule is C=O.NCCCC[C@H](N)C(=O)O.[O-][I+3]([O-])([O-])O. The summed E-state index contributed by atoms with van der Waals surface area (Å²) in [7, 11) is 0. The van der Waals surface area contributed by atoms with Crippen molar-refractivity contribution in [3.63, 3.8) is 0 Å². The van der Waals surface area contributed by atoms with Crippen molar-refractivity contribution in [3.05, 3.63) is 0 Å². The average molecular weight is 368 g/mol. The van der Waals surface area contributed by atoms with Gasteiger partial charge in [-0.1, -0.05) is 6.42 Å². The van der Waals surface area contributed by atoms with E-state index in [4.69, 9.17) is 35.1 Å². The zero-order chi connectivity index (χ0) is 14.5. The van der Waals surface area contributed by atoms with Crippen molar-refractivity contribution >= 4 is 12.8 Å². The highest BCUT2D eigenvalue weighted by Crippen LogP contribution is 1.96. The number of carboxylic acid groups (broad SMARTS) is 1. The molecular weight excluding hydrogens is 351 g/mol. The minimum Gasteiger partial charge on any atom is -0.480 e. The maximum Gasteiger partial charge on any atom is 0.368 e. The van der Waals surface area contributed by atoms with Crippen molar-refractivity contribution in [3.8, 4) is 0 Å². The lowest BCUT2D eigenvalue weighted by atomic mass is 10.1. The third kappa shape index (κ3) is 39.0. The van der Waals surface area contributed by atoms with E-state index < -0.39 is 32.1 Å². The fourth-order valence-corrected chi connectivity index (χ4v) is 0.632. The van der Waals surface area contributed by atoms with Crippen LogP contribution in [0.3, 0.4) is 0 Å². The molecule has 0 rings (SSSR count). The van der Waals surface area contributed by atoms with Crippen molar-refractivity contribution < 1.29 is 48.5 Å². The third-order valence-corrected chi connectivity index (χ3v) is 1.29. The van der Waals surface area contributed by atoms with Crippen LogP contribution in [0.2, 0.25) is 0 Å². The second-order valence-corrected chi connectivity index (χ2v) is 4.89. The molecule has 0 radical (unpaired) electrons. The van der Waals surface area contributed by atoms with E-state index in [1.54, 1.807) is 0 Å². The highest BCUT2D eigenvalue weighted by atomic mass is 127. The van der Waals surface area contributed by atoms with Crippen LogP contribution in [0.5, 0.6) is 0 Å². The lowest BCUT2D eigenvalue weighted by Crippen LogP contribution is -4.23. The summed E-state index contributed by atoms with van der Waals surface area (Å²) in [5, 5.41) is 8.33. The van der Waals surface area contributed by atoms with Crippen LogP contribution in [0.4, 0.5) is 0 Å². The molecule has 0 saturated heterocycles. The maximum atomic E-state index is 10.1. The van der Waals surface area contributed by atoms with Crippen LogP contribution < -0.4 is 41.9 Å². The van der Waals surface area contributed by atoms with Gasteiger partial charge >= 0.3 is 26.1 Å². The van der Waals surface area contributed by atoms with E-state index in [9.17, 15) is 4.79 Å². The average Bonchev–Trinajstić information content (AvgIpc) is 2.18. The molecule has 0 aliphatic rings. The molecule has 0 heterocycles. The fourth-order valence-electron chi connectivity index (χ4n) is 0.632. The van der Waals surface area contributed by atoms with Crippen LogP contribution in [-0.2, 0) is 9.59 Å². The molecule has 10 heteroatoms. The molecule has 0 fully saturated rings. The molecule has 1 atom stereocenters. The normalized spacial score (nSPS) is 11.4. The van der Waals surface area contributed by atoms with E-state index in [2.05, 4.69) is 0 Å². The number of hydrogen-bond donors (Lipinski definition) is 4. The molecule has 0 aromatic rings. The number of carbonyl (C=O) groups is 2. The monoisotopic (exact) mass is 368 g/mol. The van der Waals surface area contributed by atoms with E-state index in [1.165, 1.54) is 0 Å². The predicted octanol–water partition coefficient (Wildman–Crippen LogP) is -7.78. The second kappa shape index (κ2) is 13.7. The third-order valence-electron chi connectivity index (χ3n) is 1.29. The molecule has 0 saturated carbocycles. The van der Waals surface area contributed by atoms with E-state index in [0.717, 1.165) is 12.8 Å². The number of aliphatic carboxylic acids is 1. The number of unbranched alkanes of at least 4 members (excludes halogenated alkanes) is 1. The standard InChI is InChI=1S/C6H14N2O2.CH2O.HIO4/c7-4-2-1-3-5(8)6(9)10;1-2;2-1(3,4)5/h5H,1-4,7-8H2,(H,9,10);1H2;2H/t5-;;/m0../s1. The Bertz CT molecular complexity index is 182. The van der Waals surface area contributed by atoms with Gasteiger partial charge in [0.15, 0.2) is 0 Å². The van der Waals surface area contributed by atoms with Crippen LogP contribution in [-0.4, -0.2) is 33.9 Å². The summed E-state index contributed by atoms with van der Waals surface area (Å²) >= 11 is -5.69. The number of carbonyl (C=O) groups excluding carboxylic acids is 1. The lowest BCUT2D eigenvalue weighted by molar-refractivity contribution is -1.92. The van der Waals surface area contributed by atoms with Crippen molar-refractivity contribution in [2.24, 2.45) is 11.5 Å². The van der Waals surface area contributed by atoms with Gasteiger partial charge in [0.05, 0.1) is 0 Å². The Morgan fingerprint density at radius 3 is 1.88 bits per heavy atom. The Morgan fingerprint density at radius 2 is 1.65 bits per heavy atom. The van der Waals surface area contributed by atoms with Gasteiger partial charge in [-0.25, -0.2) is 0 Å². The molecule has 0 aliphatic carbocycles. The van der Waals surface area contributed by atoms with Crippen LogP contribution in [0, 0.1) is 0 Å². The quantitative estimate of drug-likeness (QED) is 0.269. The summed E-state index contributed by atoms with van der Waals surface area (Å²) in [4.78, 5) is 18.1.